The highest BCUT2D eigenvalue weighted by Crippen LogP contribution is 2.11. The highest BCUT2D eigenvalue weighted by molar-refractivity contribution is 7.86. The first-order valence-electron chi connectivity index (χ1n) is 6.24. The SMILES string of the molecule is CC(C)=CCC/C(C)=C/C/C=C(\C)C(O)S(=O)(=O)O. The van der Waals surface area contributed by atoms with Gasteiger partial charge in [0.05, 0.1) is 0 Å². The first kappa shape index (κ1) is 18.1. The van der Waals surface area contributed by atoms with Crippen molar-refractivity contribution in [2.75, 3.05) is 0 Å². The van der Waals surface area contributed by atoms with Crippen LogP contribution >= 0.6 is 0 Å². The summed E-state index contributed by atoms with van der Waals surface area (Å²) < 4.78 is 30.1. The van der Waals surface area contributed by atoms with Gasteiger partial charge >= 0.3 is 0 Å². The summed E-state index contributed by atoms with van der Waals surface area (Å²) in [7, 11) is -4.42. The van der Waals surface area contributed by atoms with Gasteiger partial charge < -0.3 is 5.11 Å². The minimum absolute atomic E-state index is 0.232. The van der Waals surface area contributed by atoms with E-state index in [1.54, 1.807) is 6.08 Å². The molecule has 0 bridgehead atoms. The number of aliphatic hydroxyl groups is 1. The predicted octanol–water partition coefficient (Wildman–Crippen LogP) is 3.22. The summed E-state index contributed by atoms with van der Waals surface area (Å²) in [6, 6.07) is 0. The van der Waals surface area contributed by atoms with Gasteiger partial charge in [-0.3, -0.25) is 4.55 Å². The van der Waals surface area contributed by atoms with E-state index in [4.69, 9.17) is 4.55 Å². The van der Waals surface area contributed by atoms with Crippen LogP contribution < -0.4 is 0 Å². The van der Waals surface area contributed by atoms with Gasteiger partial charge in [-0.2, -0.15) is 8.42 Å². The first-order chi connectivity index (χ1) is 8.64. The van der Waals surface area contributed by atoms with Gasteiger partial charge in [-0.15, -0.1) is 0 Å². The van der Waals surface area contributed by atoms with Crippen molar-refractivity contribution < 1.29 is 18.1 Å². The lowest BCUT2D eigenvalue weighted by molar-refractivity contribution is 0.265. The molecule has 0 radical (unpaired) electrons. The molecule has 0 saturated heterocycles. The summed E-state index contributed by atoms with van der Waals surface area (Å²) in [6.45, 7) is 7.61. The zero-order valence-electron chi connectivity index (χ0n) is 12.0. The Kier molecular flexibility index (Phi) is 7.90. The summed E-state index contributed by atoms with van der Waals surface area (Å²) in [4.78, 5) is 0. The van der Waals surface area contributed by atoms with Crippen LogP contribution in [0.2, 0.25) is 0 Å². The Bertz CT molecular complexity index is 466. The zero-order valence-corrected chi connectivity index (χ0v) is 12.9. The van der Waals surface area contributed by atoms with Crippen molar-refractivity contribution in [3.63, 3.8) is 0 Å². The highest BCUT2D eigenvalue weighted by atomic mass is 32.2. The molecule has 19 heavy (non-hydrogen) atoms. The molecule has 4 nitrogen and oxygen atoms in total. The average molecular weight is 288 g/mol. The van der Waals surface area contributed by atoms with E-state index in [9.17, 15) is 13.5 Å². The Balaban J connectivity index is 4.36. The molecule has 1 unspecified atom stereocenters. The van der Waals surface area contributed by atoms with Crippen LogP contribution in [0.15, 0.2) is 34.9 Å². The van der Waals surface area contributed by atoms with Crippen LogP contribution in [0.25, 0.3) is 0 Å². The number of aliphatic hydroxyl groups excluding tert-OH is 1. The number of allylic oxidation sites excluding steroid dienone is 5. The largest absolute Gasteiger partial charge is 0.372 e. The van der Waals surface area contributed by atoms with Crippen molar-refractivity contribution in [1.82, 2.24) is 0 Å². The molecule has 0 fully saturated rings. The van der Waals surface area contributed by atoms with E-state index in [0.717, 1.165) is 12.8 Å². The third-order valence-electron chi connectivity index (χ3n) is 2.67. The number of rotatable bonds is 7. The molecule has 0 aromatic carbocycles. The maximum absolute atomic E-state index is 10.7. The van der Waals surface area contributed by atoms with Crippen molar-refractivity contribution >= 4 is 10.1 Å². The molecule has 0 saturated carbocycles. The minimum atomic E-state index is -4.42. The lowest BCUT2D eigenvalue weighted by Crippen LogP contribution is -2.20. The van der Waals surface area contributed by atoms with Gasteiger partial charge in [0.1, 0.15) is 0 Å². The van der Waals surface area contributed by atoms with Crippen LogP contribution in [0.5, 0.6) is 0 Å². The van der Waals surface area contributed by atoms with Crippen molar-refractivity contribution in [3.05, 3.63) is 34.9 Å². The van der Waals surface area contributed by atoms with Crippen LogP contribution in [0.1, 0.15) is 47.0 Å². The van der Waals surface area contributed by atoms with Gasteiger partial charge in [-0.1, -0.05) is 29.4 Å². The molecular weight excluding hydrogens is 264 g/mol. The molecule has 110 valence electrons. The molecule has 0 aliphatic carbocycles. The summed E-state index contributed by atoms with van der Waals surface area (Å²) in [5.74, 6) is 0. The van der Waals surface area contributed by atoms with Crippen molar-refractivity contribution in [2.24, 2.45) is 0 Å². The molecule has 5 heteroatoms. The van der Waals surface area contributed by atoms with E-state index in [1.807, 2.05) is 13.0 Å². The van der Waals surface area contributed by atoms with Crippen LogP contribution in [0.4, 0.5) is 0 Å². The van der Waals surface area contributed by atoms with Crippen molar-refractivity contribution in [3.8, 4) is 0 Å². The normalized spacial score (nSPS) is 15.3. The third-order valence-corrected chi connectivity index (χ3v) is 3.61. The quantitative estimate of drug-likeness (QED) is 0.557. The van der Waals surface area contributed by atoms with Gasteiger partial charge in [0.15, 0.2) is 0 Å². The second-order valence-corrected chi connectivity index (χ2v) is 6.40. The maximum Gasteiger partial charge on any atom is 0.296 e. The van der Waals surface area contributed by atoms with E-state index < -0.39 is 15.6 Å². The fourth-order valence-electron chi connectivity index (χ4n) is 1.47. The standard InChI is InChI=1S/C14H24O4S/c1-11(2)7-5-8-12(3)9-6-10-13(4)14(15)19(16,17)18/h7,9-10,14-15H,5-6,8H2,1-4H3,(H,16,17,18)/b12-9+,13-10+. The van der Waals surface area contributed by atoms with Crippen LogP contribution in [-0.4, -0.2) is 23.5 Å². The van der Waals surface area contributed by atoms with E-state index in [0.29, 0.717) is 6.42 Å². The summed E-state index contributed by atoms with van der Waals surface area (Å²) in [5, 5.41) is 9.29. The van der Waals surface area contributed by atoms with E-state index in [2.05, 4.69) is 19.9 Å². The lowest BCUT2D eigenvalue weighted by Gasteiger charge is -2.06. The second kappa shape index (κ2) is 8.30. The Labute approximate surface area is 116 Å². The Hall–Kier alpha value is -0.910. The van der Waals surface area contributed by atoms with Gasteiger partial charge in [-0.05, 0) is 52.5 Å². The molecule has 1 atom stereocenters. The molecule has 0 aromatic heterocycles. The Morgan fingerprint density at radius 2 is 1.68 bits per heavy atom. The Morgan fingerprint density at radius 1 is 1.11 bits per heavy atom. The number of hydrogen-bond acceptors (Lipinski definition) is 3. The van der Waals surface area contributed by atoms with Gasteiger partial charge in [0.2, 0.25) is 5.44 Å². The summed E-state index contributed by atoms with van der Waals surface area (Å²) in [5.41, 5.74) is 0.908. The molecular formula is C14H24O4S. The van der Waals surface area contributed by atoms with E-state index in [1.165, 1.54) is 18.1 Å². The van der Waals surface area contributed by atoms with Crippen LogP contribution in [0.3, 0.4) is 0 Å². The lowest BCUT2D eigenvalue weighted by atomic mass is 10.1. The fourth-order valence-corrected chi connectivity index (χ4v) is 2.04. The summed E-state index contributed by atoms with van der Waals surface area (Å²) in [6.07, 6.45) is 8.24. The minimum Gasteiger partial charge on any atom is -0.372 e. The van der Waals surface area contributed by atoms with E-state index >= 15 is 0 Å². The van der Waals surface area contributed by atoms with Gasteiger partial charge in [0.25, 0.3) is 10.1 Å². The molecule has 0 aromatic rings. The first-order valence-corrected chi connectivity index (χ1v) is 7.75. The van der Waals surface area contributed by atoms with E-state index in [-0.39, 0.29) is 5.57 Å². The molecule has 0 aliphatic rings. The zero-order chi connectivity index (χ0) is 15.1. The van der Waals surface area contributed by atoms with Crippen LogP contribution in [0, 0.1) is 0 Å². The second-order valence-electron chi connectivity index (χ2n) is 4.92. The molecule has 0 amide bonds. The highest BCUT2D eigenvalue weighted by Gasteiger charge is 2.20. The summed E-state index contributed by atoms with van der Waals surface area (Å²) >= 11 is 0. The van der Waals surface area contributed by atoms with Crippen molar-refractivity contribution in [2.45, 2.75) is 52.4 Å². The monoisotopic (exact) mass is 288 g/mol. The molecule has 0 spiro atoms. The smallest absolute Gasteiger partial charge is 0.296 e. The third kappa shape index (κ3) is 8.75. The van der Waals surface area contributed by atoms with Crippen LogP contribution in [-0.2, 0) is 10.1 Å². The molecule has 0 rings (SSSR count). The Morgan fingerprint density at radius 3 is 2.16 bits per heavy atom. The fraction of sp³-hybridized carbons (Fsp3) is 0.571. The van der Waals surface area contributed by atoms with Gasteiger partial charge in [-0.25, -0.2) is 0 Å². The molecule has 0 heterocycles. The topological polar surface area (TPSA) is 74.6 Å². The van der Waals surface area contributed by atoms with Crippen molar-refractivity contribution in [1.29, 1.82) is 0 Å². The molecule has 2 N–H and O–H groups in total. The average Bonchev–Trinajstić information content (AvgIpc) is 2.26. The maximum atomic E-state index is 10.7. The predicted molar refractivity (Wildman–Crippen MR) is 78.4 cm³/mol. The van der Waals surface area contributed by atoms with Gasteiger partial charge in [0, 0.05) is 0 Å². The molecule has 0 aliphatic heterocycles. The number of hydrogen-bond donors (Lipinski definition) is 2.